The summed E-state index contributed by atoms with van der Waals surface area (Å²) in [5.41, 5.74) is 17.8. The Morgan fingerprint density at radius 2 is 0.871 bits per heavy atom. The second kappa shape index (κ2) is 12.6. The highest BCUT2D eigenvalue weighted by atomic mass is 15.0. The van der Waals surface area contributed by atoms with Gasteiger partial charge >= 0.3 is 0 Å². The minimum atomic E-state index is 0.999. The van der Waals surface area contributed by atoms with Crippen molar-refractivity contribution in [3.05, 3.63) is 212 Å². The van der Waals surface area contributed by atoms with E-state index < -0.39 is 0 Å². The summed E-state index contributed by atoms with van der Waals surface area (Å²) < 4.78 is 4.83. The largest absolute Gasteiger partial charge is 0.309 e. The predicted octanol–water partition coefficient (Wildman–Crippen LogP) is 15.7. The molecule has 13 aromatic rings. The van der Waals surface area contributed by atoms with Crippen LogP contribution in [0.4, 0.5) is 0 Å². The first kappa shape index (κ1) is 33.5. The minimum Gasteiger partial charge on any atom is -0.309 e. The number of fused-ring (bicyclic) bond motifs is 11. The van der Waals surface area contributed by atoms with Crippen molar-refractivity contribution in [1.82, 2.24) is 14.1 Å². The summed E-state index contributed by atoms with van der Waals surface area (Å²) in [6, 6.07) is 78.0. The van der Waals surface area contributed by atoms with Crippen LogP contribution in [-0.4, -0.2) is 14.1 Å². The molecule has 3 heteroatoms. The quantitative estimate of drug-likeness (QED) is 0.174. The van der Waals surface area contributed by atoms with Crippen molar-refractivity contribution in [3.63, 3.8) is 0 Å². The highest BCUT2D eigenvalue weighted by molar-refractivity contribution is 6.17. The van der Waals surface area contributed by atoms with Crippen LogP contribution in [-0.2, 0) is 0 Å². The Bertz CT molecular complexity index is 4040. The van der Waals surface area contributed by atoms with Crippen LogP contribution < -0.4 is 0 Å². The average Bonchev–Trinajstić information content (AvgIpc) is 3.96. The van der Waals surface area contributed by atoms with Crippen LogP contribution >= 0.6 is 0 Å². The molecule has 3 aromatic heterocycles. The van der Waals surface area contributed by atoms with E-state index in [1.165, 1.54) is 110 Å². The Hall–Kier alpha value is -8.27. The van der Waals surface area contributed by atoms with Crippen LogP contribution in [0.2, 0.25) is 0 Å². The summed E-state index contributed by atoms with van der Waals surface area (Å²) in [6.45, 7) is 0. The molecule has 0 aliphatic heterocycles. The molecule has 0 amide bonds. The highest BCUT2D eigenvalue weighted by Gasteiger charge is 2.23. The Morgan fingerprint density at radius 3 is 1.69 bits per heavy atom. The smallest absolute Gasteiger partial charge is 0.0722 e. The third kappa shape index (κ3) is 4.79. The molecule has 1 aliphatic rings. The van der Waals surface area contributed by atoms with Gasteiger partial charge in [-0.15, -0.1) is 0 Å². The lowest BCUT2D eigenvalue weighted by Crippen LogP contribution is -1.94. The predicted molar refractivity (Wildman–Crippen MR) is 261 cm³/mol. The van der Waals surface area contributed by atoms with E-state index in [9.17, 15) is 0 Å². The Balaban J connectivity index is 0.911. The maximum Gasteiger partial charge on any atom is 0.0722 e. The molecule has 0 unspecified atom stereocenters. The van der Waals surface area contributed by atoms with Gasteiger partial charge in [0.2, 0.25) is 0 Å². The van der Waals surface area contributed by atoms with Crippen molar-refractivity contribution in [2.45, 2.75) is 0 Å². The molecule has 0 saturated carbocycles. The zero-order chi connectivity index (χ0) is 40.5. The van der Waals surface area contributed by atoms with Crippen LogP contribution in [0.1, 0.15) is 0 Å². The molecule has 10 aromatic carbocycles. The second-order valence-electron chi connectivity index (χ2n) is 16.8. The normalized spacial score (nSPS) is 12.2. The molecule has 0 atom stereocenters. The maximum absolute atomic E-state index is 5.21. The van der Waals surface area contributed by atoms with E-state index in [2.05, 4.69) is 221 Å². The van der Waals surface area contributed by atoms with Crippen molar-refractivity contribution in [3.8, 4) is 56.0 Å². The first-order valence-electron chi connectivity index (χ1n) is 21.4. The minimum absolute atomic E-state index is 0.999. The molecule has 0 spiro atoms. The number of benzene rings is 10. The Labute approximate surface area is 357 Å². The van der Waals surface area contributed by atoms with Crippen molar-refractivity contribution in [1.29, 1.82) is 0 Å². The molecule has 0 radical (unpaired) electrons. The summed E-state index contributed by atoms with van der Waals surface area (Å²) in [5.74, 6) is 0. The van der Waals surface area contributed by atoms with Gasteiger partial charge < -0.3 is 9.13 Å². The molecule has 0 saturated heterocycles. The molecule has 62 heavy (non-hydrogen) atoms. The van der Waals surface area contributed by atoms with Gasteiger partial charge in [-0.05, 0) is 140 Å². The molecule has 0 bridgehead atoms. The van der Waals surface area contributed by atoms with Crippen molar-refractivity contribution in [2.75, 3.05) is 0 Å². The van der Waals surface area contributed by atoms with Crippen molar-refractivity contribution in [2.24, 2.45) is 0 Å². The zero-order valence-electron chi connectivity index (χ0n) is 33.5. The van der Waals surface area contributed by atoms with E-state index in [0.717, 1.165) is 22.5 Å². The van der Waals surface area contributed by atoms with Crippen LogP contribution in [0.3, 0.4) is 0 Å². The molecule has 0 N–H and O–H groups in total. The van der Waals surface area contributed by atoms with Gasteiger partial charge in [0.15, 0.2) is 0 Å². The first-order chi connectivity index (χ1) is 30.7. The van der Waals surface area contributed by atoms with Gasteiger partial charge in [-0.2, -0.15) is 0 Å². The number of para-hydroxylation sites is 2. The zero-order valence-corrected chi connectivity index (χ0v) is 33.5. The Morgan fingerprint density at radius 1 is 0.290 bits per heavy atom. The molecule has 0 fully saturated rings. The number of hydrogen-bond donors (Lipinski definition) is 0. The van der Waals surface area contributed by atoms with Crippen LogP contribution in [0.15, 0.2) is 212 Å². The average molecular weight is 786 g/mol. The van der Waals surface area contributed by atoms with Gasteiger partial charge in [0, 0.05) is 43.9 Å². The standard InChI is InChI=1S/C59H35N3/c1-2-13-43(14-3-1)61-55-20-9-8-17-47(55)49-32-40(24-27-56(49)61)41-25-28-57-50(33-41)51-31-36-11-4-5-12-37(36)34-58(51)62(57)44-26-23-38-29-42(22-21-39(38)30-44)54-35-52-46-16-7-6-15-45(46)48-18-10-19-53(60-54)59(48)52/h1-35H. The van der Waals surface area contributed by atoms with Crippen LogP contribution in [0.25, 0.3) is 132 Å². The monoisotopic (exact) mass is 785 g/mol. The van der Waals surface area contributed by atoms with Gasteiger partial charge in [0.1, 0.15) is 0 Å². The summed E-state index contributed by atoms with van der Waals surface area (Å²) >= 11 is 0. The number of hydrogen-bond acceptors (Lipinski definition) is 1. The molecule has 14 rings (SSSR count). The molecule has 3 heterocycles. The SMILES string of the molecule is c1ccc(-n2c3ccccc3c3cc(-c4ccc5c(c4)c4cc6ccccc6cc4n5-c4ccc5cc(-c6cc7c8c(cccc8n6)-c6ccccc6-7)ccc5c4)ccc32)cc1. The fourth-order valence-corrected chi connectivity index (χ4v) is 10.5. The van der Waals surface area contributed by atoms with Gasteiger partial charge in [-0.25, -0.2) is 4.98 Å². The van der Waals surface area contributed by atoms with E-state index in [0.29, 0.717) is 0 Å². The summed E-state index contributed by atoms with van der Waals surface area (Å²) in [7, 11) is 0. The topological polar surface area (TPSA) is 22.8 Å². The fraction of sp³-hybridized carbons (Fsp3) is 0. The second-order valence-corrected chi connectivity index (χ2v) is 16.8. The lowest BCUT2D eigenvalue weighted by molar-refractivity contribution is 1.18. The number of rotatable bonds is 4. The molecular weight excluding hydrogens is 751 g/mol. The van der Waals surface area contributed by atoms with E-state index in [4.69, 9.17) is 4.98 Å². The van der Waals surface area contributed by atoms with Gasteiger partial charge in [0.25, 0.3) is 0 Å². The number of aromatic nitrogens is 3. The first-order valence-corrected chi connectivity index (χ1v) is 21.4. The third-order valence-corrected chi connectivity index (χ3v) is 13.4. The Kier molecular flexibility index (Phi) is 6.83. The van der Waals surface area contributed by atoms with Gasteiger partial charge in [-0.1, -0.05) is 127 Å². The van der Waals surface area contributed by atoms with Gasteiger partial charge in [0.05, 0.1) is 33.3 Å². The summed E-state index contributed by atoms with van der Waals surface area (Å²) in [5, 5.41) is 11.1. The van der Waals surface area contributed by atoms with Crippen LogP contribution in [0.5, 0.6) is 0 Å². The van der Waals surface area contributed by atoms with E-state index in [1.54, 1.807) is 0 Å². The number of pyridine rings is 1. The fourth-order valence-electron chi connectivity index (χ4n) is 10.5. The molecule has 286 valence electrons. The summed E-state index contributed by atoms with van der Waals surface area (Å²) in [6.07, 6.45) is 0. The van der Waals surface area contributed by atoms with E-state index >= 15 is 0 Å². The van der Waals surface area contributed by atoms with Crippen molar-refractivity contribution < 1.29 is 0 Å². The maximum atomic E-state index is 5.21. The van der Waals surface area contributed by atoms with E-state index in [1.807, 2.05) is 0 Å². The van der Waals surface area contributed by atoms with Crippen LogP contribution in [0, 0.1) is 0 Å². The molecular formula is C59H35N3. The van der Waals surface area contributed by atoms with Crippen molar-refractivity contribution >= 4 is 76.1 Å². The lowest BCUT2D eigenvalue weighted by Gasteiger charge is -2.12. The number of nitrogens with zero attached hydrogens (tertiary/aromatic N) is 3. The third-order valence-electron chi connectivity index (χ3n) is 13.4. The van der Waals surface area contributed by atoms with E-state index in [-0.39, 0.29) is 0 Å². The highest BCUT2D eigenvalue weighted by Crippen LogP contribution is 2.48. The molecule has 1 aliphatic carbocycles. The lowest BCUT2D eigenvalue weighted by atomic mass is 10.00. The molecule has 3 nitrogen and oxygen atoms in total. The van der Waals surface area contributed by atoms with Gasteiger partial charge in [-0.3, -0.25) is 0 Å². The summed E-state index contributed by atoms with van der Waals surface area (Å²) in [4.78, 5) is 5.21.